The number of anilines is 1. The van der Waals surface area contributed by atoms with Crippen molar-refractivity contribution in [1.29, 1.82) is 0 Å². The summed E-state index contributed by atoms with van der Waals surface area (Å²) in [6.45, 7) is 1.93. The molecule has 1 aromatic heterocycles. The van der Waals surface area contributed by atoms with Gasteiger partial charge in [-0.3, -0.25) is 14.5 Å². The van der Waals surface area contributed by atoms with Gasteiger partial charge in [-0.15, -0.1) is 0 Å². The van der Waals surface area contributed by atoms with Gasteiger partial charge in [-0.05, 0) is 42.8 Å². The highest BCUT2D eigenvalue weighted by molar-refractivity contribution is 7.22. The lowest BCUT2D eigenvalue weighted by molar-refractivity contribution is -0.132. The van der Waals surface area contributed by atoms with Gasteiger partial charge in [0.1, 0.15) is 11.5 Å². The molecule has 4 aromatic rings. The summed E-state index contributed by atoms with van der Waals surface area (Å²) in [5.74, 6) is -1.09. The molecule has 0 saturated carbocycles. The fraction of sp³-hybridized carbons (Fsp3) is 0.115. The van der Waals surface area contributed by atoms with E-state index in [0.717, 1.165) is 10.3 Å². The number of ether oxygens (including phenoxy) is 1. The average molecular weight is 491 g/mol. The summed E-state index contributed by atoms with van der Waals surface area (Å²) in [6.07, 6.45) is 0. The first-order chi connectivity index (χ1) is 16.4. The molecular weight excluding hydrogens is 472 g/mol. The van der Waals surface area contributed by atoms with E-state index < -0.39 is 17.7 Å². The predicted molar refractivity (Wildman–Crippen MR) is 134 cm³/mol. The molecule has 1 aliphatic heterocycles. The topological polar surface area (TPSA) is 79.7 Å². The standard InChI is InChI=1S/C26H19ClN2O4S/c1-14-3-5-16(6-4-14)23(30)21-22(15-7-9-17(27)10-8-15)29(25(32)24(21)31)26-28-19-12-11-18(33-2)13-20(19)34-26/h3-13,22,30H,1-2H3/b23-21+. The van der Waals surface area contributed by atoms with Gasteiger partial charge in [-0.1, -0.05) is 64.9 Å². The van der Waals surface area contributed by atoms with Crippen molar-refractivity contribution in [2.75, 3.05) is 12.0 Å². The summed E-state index contributed by atoms with van der Waals surface area (Å²) in [4.78, 5) is 32.5. The second-order valence-electron chi connectivity index (χ2n) is 7.92. The van der Waals surface area contributed by atoms with Crippen LogP contribution < -0.4 is 9.64 Å². The van der Waals surface area contributed by atoms with E-state index in [1.165, 1.54) is 16.2 Å². The maximum absolute atomic E-state index is 13.3. The molecule has 0 aliphatic carbocycles. The Morgan fingerprint density at radius 2 is 1.76 bits per heavy atom. The molecule has 1 amide bonds. The highest BCUT2D eigenvalue weighted by Gasteiger charge is 2.48. The number of fused-ring (bicyclic) bond motifs is 1. The summed E-state index contributed by atoms with van der Waals surface area (Å²) in [7, 11) is 1.58. The molecule has 1 N–H and O–H groups in total. The van der Waals surface area contributed by atoms with E-state index in [2.05, 4.69) is 4.98 Å². The van der Waals surface area contributed by atoms with Crippen molar-refractivity contribution in [3.8, 4) is 5.75 Å². The second kappa shape index (κ2) is 8.59. The number of Topliss-reactive ketones (excluding diaryl/α,β-unsaturated/α-hetero) is 1. The monoisotopic (exact) mass is 490 g/mol. The SMILES string of the molecule is COc1ccc2nc(N3C(=O)C(=O)/C(=C(/O)c4ccc(C)cc4)C3c3ccc(Cl)cc3)sc2c1. The van der Waals surface area contributed by atoms with E-state index in [1.54, 1.807) is 55.6 Å². The van der Waals surface area contributed by atoms with Crippen LogP contribution in [0.4, 0.5) is 5.13 Å². The highest BCUT2D eigenvalue weighted by Crippen LogP contribution is 2.44. The molecule has 1 fully saturated rings. The number of aryl methyl sites for hydroxylation is 1. The summed E-state index contributed by atoms with van der Waals surface area (Å²) >= 11 is 7.36. The first-order valence-corrected chi connectivity index (χ1v) is 11.6. The molecule has 3 aromatic carbocycles. The lowest BCUT2D eigenvalue weighted by atomic mass is 9.95. The van der Waals surface area contributed by atoms with Gasteiger partial charge in [0.15, 0.2) is 5.13 Å². The normalized spacial score (nSPS) is 17.5. The number of carbonyl (C=O) groups is 2. The predicted octanol–water partition coefficient (Wildman–Crippen LogP) is 5.89. The summed E-state index contributed by atoms with van der Waals surface area (Å²) in [5, 5.41) is 12.1. The number of halogens is 1. The number of hydrogen-bond acceptors (Lipinski definition) is 6. The lowest BCUT2D eigenvalue weighted by Crippen LogP contribution is -2.29. The number of methoxy groups -OCH3 is 1. The fourth-order valence-electron chi connectivity index (χ4n) is 3.98. The summed E-state index contributed by atoms with van der Waals surface area (Å²) < 4.78 is 6.10. The largest absolute Gasteiger partial charge is 0.507 e. The molecule has 1 atom stereocenters. The third-order valence-electron chi connectivity index (χ3n) is 5.75. The first kappa shape index (κ1) is 22.1. The number of thiazole rings is 1. The Kier molecular flexibility index (Phi) is 5.59. The molecule has 1 saturated heterocycles. The molecule has 6 nitrogen and oxygen atoms in total. The number of amides is 1. The molecule has 2 heterocycles. The smallest absolute Gasteiger partial charge is 0.301 e. The minimum atomic E-state index is -0.860. The van der Waals surface area contributed by atoms with Crippen LogP contribution in [-0.2, 0) is 9.59 Å². The van der Waals surface area contributed by atoms with Crippen LogP contribution in [0.1, 0.15) is 22.7 Å². The van der Waals surface area contributed by atoms with Crippen LogP contribution in [0.2, 0.25) is 5.02 Å². The molecule has 1 aliphatic rings. The van der Waals surface area contributed by atoms with Crippen molar-refractivity contribution >= 4 is 55.7 Å². The van der Waals surface area contributed by atoms with Crippen molar-refractivity contribution in [1.82, 2.24) is 4.98 Å². The molecule has 0 spiro atoms. The quantitative estimate of drug-likeness (QED) is 0.219. The van der Waals surface area contributed by atoms with Crippen LogP contribution in [0.5, 0.6) is 5.75 Å². The summed E-state index contributed by atoms with van der Waals surface area (Å²) in [5.41, 5.74) is 2.78. The van der Waals surface area contributed by atoms with Gasteiger partial charge in [0.2, 0.25) is 0 Å². The zero-order chi connectivity index (χ0) is 24.0. The fourth-order valence-corrected chi connectivity index (χ4v) is 5.13. The Morgan fingerprint density at radius 1 is 1.06 bits per heavy atom. The van der Waals surface area contributed by atoms with Crippen LogP contribution in [0.3, 0.4) is 0 Å². The number of hydrogen-bond donors (Lipinski definition) is 1. The first-order valence-electron chi connectivity index (χ1n) is 10.5. The highest BCUT2D eigenvalue weighted by atomic mass is 35.5. The molecule has 5 rings (SSSR count). The van der Waals surface area contributed by atoms with E-state index in [-0.39, 0.29) is 11.3 Å². The van der Waals surface area contributed by atoms with Crippen LogP contribution in [0, 0.1) is 6.92 Å². The van der Waals surface area contributed by atoms with Gasteiger partial charge in [0.05, 0.1) is 28.9 Å². The second-order valence-corrected chi connectivity index (χ2v) is 9.36. The molecule has 1 unspecified atom stereocenters. The molecule has 34 heavy (non-hydrogen) atoms. The Balaban J connectivity index is 1.71. The molecule has 0 radical (unpaired) electrons. The maximum atomic E-state index is 13.3. The third kappa shape index (κ3) is 3.73. The van der Waals surface area contributed by atoms with Gasteiger partial charge in [0.25, 0.3) is 5.78 Å². The van der Waals surface area contributed by atoms with Crippen LogP contribution in [-0.4, -0.2) is 28.9 Å². The minimum absolute atomic E-state index is 0.00742. The third-order valence-corrected chi connectivity index (χ3v) is 7.02. The zero-order valence-electron chi connectivity index (χ0n) is 18.3. The van der Waals surface area contributed by atoms with Crippen LogP contribution in [0.15, 0.2) is 72.3 Å². The average Bonchev–Trinajstić information content (AvgIpc) is 3.37. The number of aromatic nitrogens is 1. The van der Waals surface area contributed by atoms with E-state index in [0.29, 0.717) is 32.5 Å². The van der Waals surface area contributed by atoms with Gasteiger partial charge in [0, 0.05) is 10.6 Å². The zero-order valence-corrected chi connectivity index (χ0v) is 19.9. The molecule has 0 bridgehead atoms. The van der Waals surface area contributed by atoms with Crippen LogP contribution in [0.25, 0.3) is 16.0 Å². The Hall–Kier alpha value is -3.68. The van der Waals surface area contributed by atoms with Gasteiger partial charge < -0.3 is 9.84 Å². The van der Waals surface area contributed by atoms with Crippen LogP contribution >= 0.6 is 22.9 Å². The number of rotatable bonds is 4. The van der Waals surface area contributed by atoms with Gasteiger partial charge >= 0.3 is 5.91 Å². The molecule has 8 heteroatoms. The van der Waals surface area contributed by atoms with Gasteiger partial charge in [-0.25, -0.2) is 4.98 Å². The lowest BCUT2D eigenvalue weighted by Gasteiger charge is -2.23. The van der Waals surface area contributed by atoms with Crippen molar-refractivity contribution < 1.29 is 19.4 Å². The van der Waals surface area contributed by atoms with Crippen molar-refractivity contribution in [3.05, 3.63) is 94.0 Å². The number of ketones is 1. The molecule has 170 valence electrons. The maximum Gasteiger partial charge on any atom is 0.301 e. The van der Waals surface area contributed by atoms with E-state index in [9.17, 15) is 14.7 Å². The summed E-state index contributed by atoms with van der Waals surface area (Å²) in [6, 6.07) is 18.5. The number of aliphatic hydroxyl groups is 1. The van der Waals surface area contributed by atoms with E-state index in [1.807, 2.05) is 25.1 Å². The number of aliphatic hydroxyl groups excluding tert-OH is 1. The Labute approximate surface area is 204 Å². The molecular formula is C26H19ClN2O4S. The Bertz CT molecular complexity index is 1460. The number of nitrogens with zero attached hydrogens (tertiary/aromatic N) is 2. The van der Waals surface area contributed by atoms with Gasteiger partial charge in [-0.2, -0.15) is 0 Å². The number of carbonyl (C=O) groups excluding carboxylic acids is 2. The van der Waals surface area contributed by atoms with Crippen molar-refractivity contribution in [2.45, 2.75) is 13.0 Å². The van der Waals surface area contributed by atoms with Crippen molar-refractivity contribution in [3.63, 3.8) is 0 Å². The number of benzene rings is 3. The van der Waals surface area contributed by atoms with E-state index >= 15 is 0 Å². The van der Waals surface area contributed by atoms with E-state index in [4.69, 9.17) is 16.3 Å². The Morgan fingerprint density at radius 3 is 2.44 bits per heavy atom. The van der Waals surface area contributed by atoms with Crippen molar-refractivity contribution in [2.24, 2.45) is 0 Å². The minimum Gasteiger partial charge on any atom is -0.507 e.